The number of nitrogens with zero attached hydrogens (tertiary/aromatic N) is 1. The Kier molecular flexibility index (Phi) is 4.78. The van der Waals surface area contributed by atoms with E-state index in [1.165, 1.54) is 24.3 Å². The van der Waals surface area contributed by atoms with Crippen LogP contribution < -0.4 is 4.72 Å². The van der Waals surface area contributed by atoms with E-state index in [9.17, 15) is 21.6 Å². The molecule has 2 atom stereocenters. The molecule has 0 saturated heterocycles. The Bertz CT molecular complexity index is 680. The average molecular weight is 332 g/mol. The van der Waals surface area contributed by atoms with Crippen molar-refractivity contribution in [2.45, 2.75) is 42.8 Å². The monoisotopic (exact) mass is 332 g/mol. The lowest BCUT2D eigenvalue weighted by Crippen LogP contribution is -2.41. The Hall–Kier alpha value is -1.59. The SMILES string of the molecule is N#Cc1cccc(S(=O)(=O)N[C@@H]2CCC[C@H](C(F)(F)F)C2)c1. The first kappa shape index (κ1) is 16.8. The molecule has 0 unspecified atom stereocenters. The van der Waals surface area contributed by atoms with Crippen molar-refractivity contribution in [1.29, 1.82) is 5.26 Å². The summed E-state index contributed by atoms with van der Waals surface area (Å²) in [6, 6.07) is 6.48. The van der Waals surface area contributed by atoms with Crippen molar-refractivity contribution in [3.63, 3.8) is 0 Å². The van der Waals surface area contributed by atoms with Crippen molar-refractivity contribution < 1.29 is 21.6 Å². The summed E-state index contributed by atoms with van der Waals surface area (Å²) in [5.41, 5.74) is 0.180. The zero-order valence-electron chi connectivity index (χ0n) is 11.6. The predicted octanol–water partition coefficient (Wildman–Crippen LogP) is 2.96. The van der Waals surface area contributed by atoms with Gasteiger partial charge in [-0.1, -0.05) is 12.5 Å². The maximum Gasteiger partial charge on any atom is 0.391 e. The van der Waals surface area contributed by atoms with E-state index in [4.69, 9.17) is 5.26 Å². The molecular formula is C14H15F3N2O2S. The molecule has 22 heavy (non-hydrogen) atoms. The second-order valence-corrected chi connectivity index (χ2v) is 7.08. The van der Waals surface area contributed by atoms with Gasteiger partial charge in [-0.05, 0) is 37.5 Å². The molecule has 0 spiro atoms. The van der Waals surface area contributed by atoms with Crippen LogP contribution in [0.3, 0.4) is 0 Å². The normalized spacial score (nSPS) is 23.0. The van der Waals surface area contributed by atoms with Crippen LogP contribution in [0, 0.1) is 17.2 Å². The molecule has 0 amide bonds. The molecule has 1 aromatic carbocycles. The molecule has 0 radical (unpaired) electrons. The summed E-state index contributed by atoms with van der Waals surface area (Å²) in [5.74, 6) is -1.47. The van der Waals surface area contributed by atoms with Gasteiger partial charge in [0.05, 0.1) is 22.4 Å². The molecule has 0 aromatic heterocycles. The van der Waals surface area contributed by atoms with Gasteiger partial charge in [0.25, 0.3) is 0 Å². The van der Waals surface area contributed by atoms with Gasteiger partial charge in [0, 0.05) is 6.04 Å². The second kappa shape index (κ2) is 6.26. The minimum atomic E-state index is -4.30. The van der Waals surface area contributed by atoms with Crippen LogP contribution in [-0.4, -0.2) is 20.6 Å². The summed E-state index contributed by atoms with van der Waals surface area (Å²) in [6.45, 7) is 0. The molecule has 2 rings (SSSR count). The minimum absolute atomic E-state index is 0.0334. The highest BCUT2D eigenvalue weighted by Gasteiger charge is 2.42. The number of nitriles is 1. The van der Waals surface area contributed by atoms with E-state index in [2.05, 4.69) is 4.72 Å². The van der Waals surface area contributed by atoms with Gasteiger partial charge < -0.3 is 0 Å². The summed E-state index contributed by atoms with van der Waals surface area (Å²) < 4.78 is 65.0. The van der Waals surface area contributed by atoms with Crippen LogP contribution in [0.5, 0.6) is 0 Å². The van der Waals surface area contributed by atoms with Crippen molar-refractivity contribution in [2.75, 3.05) is 0 Å². The molecule has 1 aliphatic carbocycles. The summed E-state index contributed by atoms with van der Waals surface area (Å²) in [6.07, 6.45) is -3.81. The van der Waals surface area contributed by atoms with E-state index in [-0.39, 0.29) is 23.3 Å². The topological polar surface area (TPSA) is 70.0 Å². The molecule has 1 aliphatic rings. The fourth-order valence-electron chi connectivity index (χ4n) is 2.61. The molecular weight excluding hydrogens is 317 g/mol. The zero-order valence-corrected chi connectivity index (χ0v) is 12.4. The van der Waals surface area contributed by atoms with Crippen LogP contribution in [0.15, 0.2) is 29.2 Å². The summed E-state index contributed by atoms with van der Waals surface area (Å²) in [4.78, 5) is -0.110. The van der Waals surface area contributed by atoms with E-state index >= 15 is 0 Å². The molecule has 8 heteroatoms. The minimum Gasteiger partial charge on any atom is -0.208 e. The molecule has 4 nitrogen and oxygen atoms in total. The lowest BCUT2D eigenvalue weighted by atomic mass is 9.86. The van der Waals surface area contributed by atoms with Gasteiger partial charge in [0.2, 0.25) is 10.0 Å². The maximum atomic E-state index is 12.8. The van der Waals surface area contributed by atoms with E-state index in [0.29, 0.717) is 12.8 Å². The standard InChI is InChI=1S/C14H15F3N2O2S/c15-14(16,17)11-4-2-5-12(8-11)19-22(20,21)13-6-1-3-10(7-13)9-18/h1,3,6-7,11-12,19H,2,4-5,8H2/t11-,12+/m0/s1. The molecule has 1 aromatic rings. The molecule has 0 bridgehead atoms. The summed E-state index contributed by atoms with van der Waals surface area (Å²) in [7, 11) is -3.93. The first-order valence-corrected chi connectivity index (χ1v) is 8.30. The molecule has 0 heterocycles. The van der Waals surface area contributed by atoms with Crippen LogP contribution in [0.2, 0.25) is 0 Å². The van der Waals surface area contributed by atoms with Gasteiger partial charge in [0.15, 0.2) is 0 Å². The van der Waals surface area contributed by atoms with Crippen LogP contribution in [0.4, 0.5) is 13.2 Å². The number of nitrogens with one attached hydrogen (secondary N) is 1. The van der Waals surface area contributed by atoms with Gasteiger partial charge in [-0.2, -0.15) is 18.4 Å². The van der Waals surface area contributed by atoms with Crippen molar-refractivity contribution in [2.24, 2.45) is 5.92 Å². The van der Waals surface area contributed by atoms with E-state index < -0.39 is 28.2 Å². The first-order chi connectivity index (χ1) is 10.2. The highest BCUT2D eigenvalue weighted by Crippen LogP contribution is 2.37. The largest absolute Gasteiger partial charge is 0.391 e. The third kappa shape index (κ3) is 3.99. The summed E-state index contributed by atoms with van der Waals surface area (Å²) in [5, 5.41) is 8.78. The Morgan fingerprint density at radius 2 is 2.00 bits per heavy atom. The average Bonchev–Trinajstić information content (AvgIpc) is 2.46. The number of benzene rings is 1. The molecule has 0 aliphatic heterocycles. The van der Waals surface area contributed by atoms with Crippen molar-refractivity contribution in [3.8, 4) is 6.07 Å². The highest BCUT2D eigenvalue weighted by molar-refractivity contribution is 7.89. The van der Waals surface area contributed by atoms with Gasteiger partial charge >= 0.3 is 6.18 Å². The van der Waals surface area contributed by atoms with Gasteiger partial charge in [-0.3, -0.25) is 0 Å². The van der Waals surface area contributed by atoms with E-state index in [1.54, 1.807) is 0 Å². The Morgan fingerprint density at radius 3 is 2.64 bits per heavy atom. The number of alkyl halides is 3. The van der Waals surface area contributed by atoms with Crippen LogP contribution in [-0.2, 0) is 10.0 Å². The van der Waals surface area contributed by atoms with Crippen LogP contribution >= 0.6 is 0 Å². The maximum absolute atomic E-state index is 12.8. The highest BCUT2D eigenvalue weighted by atomic mass is 32.2. The summed E-state index contributed by atoms with van der Waals surface area (Å²) >= 11 is 0. The lowest BCUT2D eigenvalue weighted by molar-refractivity contribution is -0.183. The third-order valence-corrected chi connectivity index (χ3v) is 5.25. The smallest absolute Gasteiger partial charge is 0.208 e. The molecule has 1 N–H and O–H groups in total. The fourth-order valence-corrected chi connectivity index (χ4v) is 3.94. The Balaban J connectivity index is 2.13. The number of sulfonamides is 1. The second-order valence-electron chi connectivity index (χ2n) is 5.36. The van der Waals surface area contributed by atoms with Crippen LogP contribution in [0.25, 0.3) is 0 Å². The van der Waals surface area contributed by atoms with E-state index in [1.807, 2.05) is 6.07 Å². The number of rotatable bonds is 3. The van der Waals surface area contributed by atoms with Crippen molar-refractivity contribution >= 4 is 10.0 Å². The zero-order chi connectivity index (χ0) is 16.4. The van der Waals surface area contributed by atoms with Crippen molar-refractivity contribution in [1.82, 2.24) is 4.72 Å². The Morgan fingerprint density at radius 1 is 1.27 bits per heavy atom. The lowest BCUT2D eigenvalue weighted by Gasteiger charge is -2.30. The van der Waals surface area contributed by atoms with Gasteiger partial charge in [0.1, 0.15) is 0 Å². The third-order valence-electron chi connectivity index (χ3n) is 3.73. The predicted molar refractivity (Wildman–Crippen MR) is 73.3 cm³/mol. The van der Waals surface area contributed by atoms with E-state index in [0.717, 1.165) is 0 Å². The molecule has 1 fully saturated rings. The quantitative estimate of drug-likeness (QED) is 0.925. The molecule has 120 valence electrons. The van der Waals surface area contributed by atoms with Gasteiger partial charge in [-0.15, -0.1) is 0 Å². The van der Waals surface area contributed by atoms with Gasteiger partial charge in [-0.25, -0.2) is 13.1 Å². The number of hydrogen-bond acceptors (Lipinski definition) is 3. The first-order valence-electron chi connectivity index (χ1n) is 6.81. The fraction of sp³-hybridized carbons (Fsp3) is 0.500. The van der Waals surface area contributed by atoms with Crippen molar-refractivity contribution in [3.05, 3.63) is 29.8 Å². The number of hydrogen-bond donors (Lipinski definition) is 1. The number of halogens is 3. The molecule has 1 saturated carbocycles. The Labute approximate surface area is 127 Å². The van der Waals surface area contributed by atoms with Crippen LogP contribution in [0.1, 0.15) is 31.2 Å².